The van der Waals surface area contributed by atoms with Crippen LogP contribution in [-0.4, -0.2) is 0 Å². The maximum Gasteiger partial charge on any atom is 0.137 e. The minimum absolute atomic E-state index is 0.822. The molecule has 0 atom stereocenters. The van der Waals surface area contributed by atoms with Crippen LogP contribution < -0.4 is 4.90 Å². The molecule has 0 bridgehead atoms. The summed E-state index contributed by atoms with van der Waals surface area (Å²) < 4.78 is 25.6. The van der Waals surface area contributed by atoms with Crippen LogP contribution in [0.1, 0.15) is 0 Å². The molecule has 13 aromatic rings. The third-order valence-corrected chi connectivity index (χ3v) is 11.9. The van der Waals surface area contributed by atoms with Gasteiger partial charge in [-0.25, -0.2) is 0 Å². The third kappa shape index (κ3) is 4.98. The van der Waals surface area contributed by atoms with Crippen molar-refractivity contribution in [1.82, 2.24) is 0 Å². The van der Waals surface area contributed by atoms with Gasteiger partial charge in [-0.05, 0) is 107 Å². The van der Waals surface area contributed by atoms with Gasteiger partial charge in [0.2, 0.25) is 0 Å². The maximum atomic E-state index is 6.57. The van der Waals surface area contributed by atoms with Crippen molar-refractivity contribution in [2.24, 2.45) is 0 Å². The smallest absolute Gasteiger partial charge is 0.137 e. The SMILES string of the molecule is c1ccc(-c2ccc(N(c3ccc(-c4ccc5c(c4)oc4cc6c(cc45)oc4cc5c(cc46)oc4ccccc45)cc3)c3ccc4c(c3)oc3ccccc34)cc2)cc1. The number of furan rings is 4. The maximum absolute atomic E-state index is 6.57. The fraction of sp³-hybridized carbons (Fsp3) is 0. The van der Waals surface area contributed by atoms with Gasteiger partial charge in [-0.1, -0.05) is 97.1 Å². The summed E-state index contributed by atoms with van der Waals surface area (Å²) in [6.07, 6.45) is 0. The fourth-order valence-electron chi connectivity index (χ4n) is 8.98. The minimum atomic E-state index is 0.822. The zero-order chi connectivity index (χ0) is 38.6. The Kier molecular flexibility index (Phi) is 6.66. The molecular formula is C54H31NO4. The lowest BCUT2D eigenvalue weighted by atomic mass is 10.0. The van der Waals surface area contributed by atoms with Crippen LogP contribution >= 0.6 is 0 Å². The van der Waals surface area contributed by atoms with Crippen molar-refractivity contribution in [2.45, 2.75) is 0 Å². The molecule has 0 aliphatic rings. The minimum Gasteiger partial charge on any atom is -0.456 e. The molecule has 0 aliphatic carbocycles. The number of hydrogen-bond donors (Lipinski definition) is 0. The lowest BCUT2D eigenvalue weighted by Gasteiger charge is -2.26. The van der Waals surface area contributed by atoms with Gasteiger partial charge in [0.05, 0.1) is 0 Å². The van der Waals surface area contributed by atoms with Crippen molar-refractivity contribution >= 4 is 105 Å². The summed E-state index contributed by atoms with van der Waals surface area (Å²) in [5.74, 6) is 0. The van der Waals surface area contributed by atoms with Crippen LogP contribution in [0.3, 0.4) is 0 Å². The van der Waals surface area contributed by atoms with Crippen LogP contribution in [0.4, 0.5) is 17.1 Å². The van der Waals surface area contributed by atoms with E-state index >= 15 is 0 Å². The van der Waals surface area contributed by atoms with Crippen LogP contribution in [0.2, 0.25) is 0 Å². The Bertz CT molecular complexity index is 3770. The van der Waals surface area contributed by atoms with Crippen molar-refractivity contribution in [3.63, 3.8) is 0 Å². The van der Waals surface area contributed by atoms with E-state index in [9.17, 15) is 0 Å². The zero-order valence-electron chi connectivity index (χ0n) is 31.5. The first-order chi connectivity index (χ1) is 29.2. The largest absolute Gasteiger partial charge is 0.456 e. The normalized spacial score (nSPS) is 12.1. The van der Waals surface area contributed by atoms with Crippen molar-refractivity contribution in [3.05, 3.63) is 188 Å². The van der Waals surface area contributed by atoms with Crippen molar-refractivity contribution in [2.75, 3.05) is 4.90 Å². The molecular weight excluding hydrogens is 727 g/mol. The molecule has 5 nitrogen and oxygen atoms in total. The molecule has 0 fully saturated rings. The zero-order valence-corrected chi connectivity index (χ0v) is 31.5. The monoisotopic (exact) mass is 757 g/mol. The molecule has 4 heterocycles. The molecule has 0 radical (unpaired) electrons. The molecule has 13 rings (SSSR count). The summed E-state index contributed by atoms with van der Waals surface area (Å²) in [7, 11) is 0. The first kappa shape index (κ1) is 32.1. The highest BCUT2D eigenvalue weighted by Gasteiger charge is 2.19. The Hall–Kier alpha value is -8.02. The van der Waals surface area contributed by atoms with Gasteiger partial charge in [0, 0.05) is 66.2 Å². The number of anilines is 3. The molecule has 5 heteroatoms. The van der Waals surface area contributed by atoms with Gasteiger partial charge in [0.25, 0.3) is 0 Å². The summed E-state index contributed by atoms with van der Waals surface area (Å²) in [5, 5.41) is 8.44. The molecule has 0 N–H and O–H groups in total. The molecule has 0 saturated carbocycles. The highest BCUT2D eigenvalue weighted by molar-refractivity contribution is 6.18. The standard InChI is InChI=1S/C54H31NO4/c1-2-8-32(9-3-1)33-14-19-36(20-15-33)55(38-23-25-41-39-10-4-6-12-47(39)56-50(41)27-38)37-21-16-34(17-22-37)35-18-24-42-44-29-54-46(31-52(44)58-49(42)26-35)45-30-51-43(28-53(45)59-54)40-11-5-7-13-48(40)57-51/h1-31H. The average Bonchev–Trinajstić information content (AvgIpc) is 4.04. The molecule has 0 spiro atoms. The number of rotatable bonds is 5. The molecule has 0 saturated heterocycles. The van der Waals surface area contributed by atoms with Crippen molar-refractivity contribution < 1.29 is 17.7 Å². The molecule has 0 unspecified atom stereocenters. The van der Waals surface area contributed by atoms with E-state index in [-0.39, 0.29) is 0 Å². The third-order valence-electron chi connectivity index (χ3n) is 11.9. The molecule has 9 aromatic carbocycles. The first-order valence-corrected chi connectivity index (χ1v) is 19.8. The Morgan fingerprint density at radius 1 is 0.220 bits per heavy atom. The van der Waals surface area contributed by atoms with E-state index in [4.69, 9.17) is 17.7 Å². The predicted molar refractivity (Wildman–Crippen MR) is 241 cm³/mol. The molecule has 4 aromatic heterocycles. The summed E-state index contributed by atoms with van der Waals surface area (Å²) in [4.78, 5) is 2.28. The number of nitrogens with zero attached hydrogens (tertiary/aromatic N) is 1. The summed E-state index contributed by atoms with van der Waals surface area (Å²) in [6.45, 7) is 0. The Morgan fingerprint density at radius 2 is 0.576 bits per heavy atom. The second-order valence-corrected chi connectivity index (χ2v) is 15.3. The summed E-state index contributed by atoms with van der Waals surface area (Å²) in [6, 6.07) is 65.6. The van der Waals surface area contributed by atoms with E-state index in [2.05, 4.69) is 157 Å². The number of benzene rings is 9. The number of fused-ring (bicyclic) bond motifs is 12. The quantitative estimate of drug-likeness (QED) is 0.175. The lowest BCUT2D eigenvalue weighted by molar-refractivity contribution is 0.662. The van der Waals surface area contributed by atoms with Crippen molar-refractivity contribution in [3.8, 4) is 22.3 Å². The lowest BCUT2D eigenvalue weighted by Crippen LogP contribution is -2.09. The van der Waals surface area contributed by atoms with Gasteiger partial charge in [-0.15, -0.1) is 0 Å². The van der Waals surface area contributed by atoms with Gasteiger partial charge in [-0.3, -0.25) is 0 Å². The van der Waals surface area contributed by atoms with Gasteiger partial charge in [-0.2, -0.15) is 0 Å². The fourth-order valence-corrected chi connectivity index (χ4v) is 8.98. The van der Waals surface area contributed by atoms with E-state index < -0.39 is 0 Å². The second-order valence-electron chi connectivity index (χ2n) is 15.3. The predicted octanol–water partition coefficient (Wildman–Crippen LogP) is 16.1. The summed E-state index contributed by atoms with van der Waals surface area (Å²) >= 11 is 0. The second kappa shape index (κ2) is 12.2. The first-order valence-electron chi connectivity index (χ1n) is 19.8. The molecule has 0 aliphatic heterocycles. The number of para-hydroxylation sites is 2. The molecule has 59 heavy (non-hydrogen) atoms. The van der Waals surface area contributed by atoms with Crippen LogP contribution in [-0.2, 0) is 0 Å². The van der Waals surface area contributed by atoms with E-state index in [1.165, 1.54) is 11.1 Å². The average molecular weight is 758 g/mol. The van der Waals surface area contributed by atoms with Crippen LogP contribution in [0.5, 0.6) is 0 Å². The highest BCUT2D eigenvalue weighted by Crippen LogP contribution is 2.43. The van der Waals surface area contributed by atoms with Gasteiger partial charge >= 0.3 is 0 Å². The Labute approximate surface area is 336 Å². The van der Waals surface area contributed by atoms with Gasteiger partial charge in [0.1, 0.15) is 44.7 Å². The van der Waals surface area contributed by atoms with Crippen LogP contribution in [0.15, 0.2) is 206 Å². The van der Waals surface area contributed by atoms with Gasteiger partial charge < -0.3 is 22.6 Å². The van der Waals surface area contributed by atoms with E-state index in [0.717, 1.165) is 116 Å². The van der Waals surface area contributed by atoms with Crippen LogP contribution in [0.25, 0.3) is 110 Å². The molecule has 276 valence electrons. The van der Waals surface area contributed by atoms with Crippen molar-refractivity contribution in [1.29, 1.82) is 0 Å². The highest BCUT2D eigenvalue weighted by atomic mass is 16.3. The Morgan fingerprint density at radius 3 is 1.17 bits per heavy atom. The Balaban J connectivity index is 0.877. The van der Waals surface area contributed by atoms with Gasteiger partial charge in [0.15, 0.2) is 0 Å². The van der Waals surface area contributed by atoms with E-state index in [1.54, 1.807) is 0 Å². The number of hydrogen-bond acceptors (Lipinski definition) is 5. The van der Waals surface area contributed by atoms with E-state index in [0.29, 0.717) is 0 Å². The topological polar surface area (TPSA) is 55.8 Å². The van der Waals surface area contributed by atoms with E-state index in [1.807, 2.05) is 36.4 Å². The summed E-state index contributed by atoms with van der Waals surface area (Å²) in [5.41, 5.74) is 14.4. The van der Waals surface area contributed by atoms with Crippen LogP contribution in [0, 0.1) is 0 Å². The molecule has 0 amide bonds.